The molecule has 0 aromatic heterocycles. The number of rotatable bonds is 1. The lowest BCUT2D eigenvalue weighted by Gasteiger charge is -2.17. The number of benzene rings is 1. The van der Waals surface area contributed by atoms with Gasteiger partial charge < -0.3 is 5.11 Å². The van der Waals surface area contributed by atoms with Crippen LogP contribution in [0.5, 0.6) is 0 Å². The van der Waals surface area contributed by atoms with E-state index in [2.05, 4.69) is 54.5 Å². The van der Waals surface area contributed by atoms with Crippen LogP contribution in [0.3, 0.4) is 0 Å². The van der Waals surface area contributed by atoms with Crippen molar-refractivity contribution >= 4 is 66.2 Å². The first-order valence-corrected chi connectivity index (χ1v) is 6.21. The average molecular weight is 435 g/mol. The largest absolute Gasteiger partial charge is 0.465 e. The minimum absolute atomic E-state index is 0.654. The Balaban J connectivity index is 3.27. The Morgan fingerprint density at radius 2 is 2.07 bits per heavy atom. The minimum Gasteiger partial charge on any atom is -0.465 e. The monoisotopic (exact) mass is 433 g/mol. The molecule has 1 aromatic rings. The van der Waals surface area contributed by atoms with Crippen molar-refractivity contribution in [3.05, 3.63) is 24.6 Å². The SMILES string of the molecule is CN(C(=O)O)c1c(Br)cc(Br)cc1I. The standard InChI is InChI=1S/C8H6Br2INO2/c1-12(8(13)14)7-5(10)2-4(9)3-6(7)11/h2-3H,1H3,(H,13,14). The van der Waals surface area contributed by atoms with Gasteiger partial charge in [-0.1, -0.05) is 15.9 Å². The van der Waals surface area contributed by atoms with Gasteiger partial charge in [-0.2, -0.15) is 0 Å². The fourth-order valence-electron chi connectivity index (χ4n) is 0.951. The molecule has 0 spiro atoms. The molecule has 14 heavy (non-hydrogen) atoms. The van der Waals surface area contributed by atoms with Crippen molar-refractivity contribution in [1.82, 2.24) is 0 Å². The van der Waals surface area contributed by atoms with Gasteiger partial charge >= 0.3 is 6.09 Å². The number of carbonyl (C=O) groups is 1. The Hall–Kier alpha value is 0.180. The Bertz CT molecular complexity index is 361. The Morgan fingerprint density at radius 3 is 2.50 bits per heavy atom. The molecule has 0 radical (unpaired) electrons. The van der Waals surface area contributed by atoms with E-state index < -0.39 is 6.09 Å². The van der Waals surface area contributed by atoms with E-state index >= 15 is 0 Å². The van der Waals surface area contributed by atoms with E-state index in [0.717, 1.165) is 12.5 Å². The summed E-state index contributed by atoms with van der Waals surface area (Å²) in [4.78, 5) is 12.0. The highest BCUT2D eigenvalue weighted by atomic mass is 127. The second-order valence-corrected chi connectivity index (χ2v) is 5.49. The number of anilines is 1. The first-order chi connectivity index (χ1) is 6.43. The second-order valence-electron chi connectivity index (χ2n) is 2.56. The topological polar surface area (TPSA) is 40.5 Å². The molecule has 1 rings (SSSR count). The van der Waals surface area contributed by atoms with E-state index in [1.807, 2.05) is 12.1 Å². The molecule has 3 nitrogen and oxygen atoms in total. The zero-order chi connectivity index (χ0) is 10.9. The first-order valence-electron chi connectivity index (χ1n) is 3.54. The van der Waals surface area contributed by atoms with E-state index in [4.69, 9.17) is 5.11 Å². The quantitative estimate of drug-likeness (QED) is 0.680. The predicted octanol–water partition coefficient (Wildman–Crippen LogP) is 3.93. The van der Waals surface area contributed by atoms with Crippen LogP contribution >= 0.6 is 54.5 Å². The molecule has 0 bridgehead atoms. The van der Waals surface area contributed by atoms with Crippen molar-refractivity contribution in [2.45, 2.75) is 0 Å². The van der Waals surface area contributed by atoms with Crippen LogP contribution in [0.25, 0.3) is 0 Å². The summed E-state index contributed by atoms with van der Waals surface area (Å²) in [6.45, 7) is 0. The van der Waals surface area contributed by atoms with E-state index in [-0.39, 0.29) is 0 Å². The van der Waals surface area contributed by atoms with Crippen molar-refractivity contribution in [2.24, 2.45) is 0 Å². The van der Waals surface area contributed by atoms with Crippen molar-refractivity contribution in [2.75, 3.05) is 11.9 Å². The molecule has 0 fully saturated rings. The molecule has 76 valence electrons. The maximum Gasteiger partial charge on any atom is 0.411 e. The molecule has 0 aliphatic carbocycles. The zero-order valence-electron chi connectivity index (χ0n) is 7.09. The number of nitrogens with zero attached hydrogens (tertiary/aromatic N) is 1. The van der Waals surface area contributed by atoms with Crippen LogP contribution < -0.4 is 4.90 Å². The van der Waals surface area contributed by atoms with E-state index in [1.54, 1.807) is 0 Å². The number of carboxylic acid groups (broad SMARTS) is 1. The lowest BCUT2D eigenvalue weighted by Crippen LogP contribution is -2.25. The van der Waals surface area contributed by atoms with Gasteiger partial charge in [0.1, 0.15) is 0 Å². The van der Waals surface area contributed by atoms with Crippen LogP contribution in [0.2, 0.25) is 0 Å². The lowest BCUT2D eigenvalue weighted by atomic mass is 10.3. The zero-order valence-corrected chi connectivity index (χ0v) is 12.4. The molecule has 0 unspecified atom stereocenters. The molecule has 0 aliphatic heterocycles. The van der Waals surface area contributed by atoms with E-state index in [0.29, 0.717) is 5.69 Å². The van der Waals surface area contributed by atoms with Gasteiger partial charge in [0, 0.05) is 19.6 Å². The van der Waals surface area contributed by atoms with E-state index in [9.17, 15) is 4.79 Å². The molecule has 0 heterocycles. The molecule has 6 heteroatoms. The van der Waals surface area contributed by atoms with Crippen LogP contribution in [-0.2, 0) is 0 Å². The van der Waals surface area contributed by atoms with Crippen LogP contribution in [0, 0.1) is 3.57 Å². The number of hydrogen-bond donors (Lipinski definition) is 1. The predicted molar refractivity (Wildman–Crippen MR) is 71.0 cm³/mol. The number of hydrogen-bond acceptors (Lipinski definition) is 1. The minimum atomic E-state index is -0.981. The molecule has 0 atom stereocenters. The molecule has 1 aromatic carbocycles. The summed E-state index contributed by atoms with van der Waals surface area (Å²) < 4.78 is 2.53. The summed E-state index contributed by atoms with van der Waals surface area (Å²) in [7, 11) is 1.51. The lowest BCUT2D eigenvalue weighted by molar-refractivity contribution is 0.203. The smallest absolute Gasteiger partial charge is 0.411 e. The number of halogens is 3. The van der Waals surface area contributed by atoms with Gasteiger partial charge in [0.25, 0.3) is 0 Å². The fourth-order valence-corrected chi connectivity index (χ4v) is 4.23. The van der Waals surface area contributed by atoms with Gasteiger partial charge in [-0.3, -0.25) is 4.90 Å². The van der Waals surface area contributed by atoms with Crippen molar-refractivity contribution < 1.29 is 9.90 Å². The third kappa shape index (κ3) is 2.60. The highest BCUT2D eigenvalue weighted by Gasteiger charge is 2.15. The summed E-state index contributed by atoms with van der Waals surface area (Å²) in [5, 5.41) is 8.84. The van der Waals surface area contributed by atoms with Gasteiger partial charge in [-0.25, -0.2) is 4.79 Å². The van der Waals surface area contributed by atoms with Gasteiger partial charge in [-0.05, 0) is 50.7 Å². The third-order valence-electron chi connectivity index (χ3n) is 1.60. The molecule has 1 amide bonds. The number of amides is 1. The highest BCUT2D eigenvalue weighted by Crippen LogP contribution is 2.33. The fraction of sp³-hybridized carbons (Fsp3) is 0.125. The molecular formula is C8H6Br2INO2. The van der Waals surface area contributed by atoms with Gasteiger partial charge in [0.05, 0.1) is 5.69 Å². The summed E-state index contributed by atoms with van der Waals surface area (Å²) >= 11 is 8.75. The maximum absolute atomic E-state index is 10.8. The highest BCUT2D eigenvalue weighted by molar-refractivity contribution is 14.1. The maximum atomic E-state index is 10.8. The molecule has 0 saturated carbocycles. The molecular weight excluding hydrogens is 429 g/mol. The molecule has 0 saturated heterocycles. The average Bonchev–Trinajstić information content (AvgIpc) is 2.01. The second kappa shape index (κ2) is 4.80. The van der Waals surface area contributed by atoms with Crippen LogP contribution in [-0.4, -0.2) is 18.2 Å². The van der Waals surface area contributed by atoms with Crippen LogP contribution in [0.15, 0.2) is 21.1 Å². The first kappa shape index (κ1) is 12.3. The Labute approximate surface area is 112 Å². The summed E-state index contributed by atoms with van der Waals surface area (Å²) in [5.74, 6) is 0. The van der Waals surface area contributed by atoms with Gasteiger partial charge in [0.2, 0.25) is 0 Å². The van der Waals surface area contributed by atoms with E-state index in [1.165, 1.54) is 11.9 Å². The summed E-state index contributed by atoms with van der Waals surface area (Å²) in [6, 6.07) is 3.68. The Morgan fingerprint density at radius 1 is 1.50 bits per heavy atom. The van der Waals surface area contributed by atoms with Crippen molar-refractivity contribution in [3.8, 4) is 0 Å². The molecule has 0 aliphatic rings. The summed E-state index contributed by atoms with van der Waals surface area (Å²) in [6.07, 6.45) is -0.981. The Kier molecular flexibility index (Phi) is 4.20. The van der Waals surface area contributed by atoms with Crippen molar-refractivity contribution in [3.63, 3.8) is 0 Å². The van der Waals surface area contributed by atoms with Gasteiger partial charge in [-0.15, -0.1) is 0 Å². The third-order valence-corrected chi connectivity index (χ3v) is 3.49. The van der Waals surface area contributed by atoms with Crippen LogP contribution in [0.4, 0.5) is 10.5 Å². The normalized spacial score (nSPS) is 10.0. The van der Waals surface area contributed by atoms with Crippen LogP contribution in [0.1, 0.15) is 0 Å². The summed E-state index contributed by atoms with van der Waals surface area (Å²) in [5.41, 5.74) is 0.654. The molecule has 1 N–H and O–H groups in total. The van der Waals surface area contributed by atoms with Gasteiger partial charge in [0.15, 0.2) is 0 Å². The van der Waals surface area contributed by atoms with Crippen molar-refractivity contribution in [1.29, 1.82) is 0 Å².